The van der Waals surface area contributed by atoms with Crippen LogP contribution in [-0.2, 0) is 5.41 Å². The van der Waals surface area contributed by atoms with Crippen LogP contribution in [0.15, 0.2) is 303 Å². The highest BCUT2D eigenvalue weighted by molar-refractivity contribution is 6.11. The Balaban J connectivity index is 0.815. The maximum Gasteiger partial charge on any atom is 0.0726 e. The molecule has 16 rings (SSSR count). The normalized spacial score (nSPS) is 12.7. The van der Waals surface area contributed by atoms with Gasteiger partial charge in [-0.25, -0.2) is 0 Å². The number of hydrogen-bond acceptors (Lipinski definition) is 1. The van der Waals surface area contributed by atoms with Crippen LogP contribution in [0.2, 0.25) is 0 Å². The highest BCUT2D eigenvalue weighted by Crippen LogP contribution is 2.63. The zero-order chi connectivity index (χ0) is 52.0. The van der Waals surface area contributed by atoms with E-state index in [1.807, 2.05) is 0 Å². The molecule has 2 aliphatic carbocycles. The second-order valence-electron chi connectivity index (χ2n) is 21.1. The van der Waals surface area contributed by atoms with Crippen LogP contribution in [0.25, 0.3) is 105 Å². The van der Waals surface area contributed by atoms with Gasteiger partial charge in [0.15, 0.2) is 0 Å². The number of para-hydroxylation sites is 1. The quantitative estimate of drug-likeness (QED) is 0.147. The van der Waals surface area contributed by atoms with Gasteiger partial charge in [0.25, 0.3) is 0 Å². The Morgan fingerprint density at radius 3 is 1.38 bits per heavy atom. The minimum atomic E-state index is -0.467. The van der Waals surface area contributed by atoms with Gasteiger partial charge in [-0.2, -0.15) is 0 Å². The van der Waals surface area contributed by atoms with Crippen LogP contribution in [0, 0.1) is 0 Å². The molecular weight excluding hydrogens is 953 g/mol. The highest BCUT2D eigenvalue weighted by Gasteiger charge is 2.51. The van der Waals surface area contributed by atoms with E-state index in [9.17, 15) is 0 Å². The lowest BCUT2D eigenvalue weighted by Gasteiger charge is -2.32. The summed E-state index contributed by atoms with van der Waals surface area (Å²) in [6, 6.07) is 112. The number of rotatable bonds is 8. The Morgan fingerprint density at radius 2 is 0.696 bits per heavy atom. The van der Waals surface area contributed by atoms with Crippen molar-refractivity contribution in [3.05, 3.63) is 326 Å². The molecule has 0 N–H and O–H groups in total. The average molecular weight is 1000 g/mol. The van der Waals surface area contributed by atoms with Crippen LogP contribution in [-0.4, -0.2) is 4.57 Å². The number of benzene rings is 13. The first-order valence-corrected chi connectivity index (χ1v) is 27.4. The average Bonchev–Trinajstić information content (AvgIpc) is 4.24. The van der Waals surface area contributed by atoms with E-state index >= 15 is 0 Å². The van der Waals surface area contributed by atoms with Gasteiger partial charge in [-0.3, -0.25) is 0 Å². The molecule has 1 heterocycles. The molecular formula is C77H50N2. The second-order valence-corrected chi connectivity index (χ2v) is 21.1. The monoisotopic (exact) mass is 1000 g/mol. The van der Waals surface area contributed by atoms with Gasteiger partial charge in [-0.1, -0.05) is 237 Å². The number of aromatic nitrogens is 1. The van der Waals surface area contributed by atoms with Crippen molar-refractivity contribution in [1.82, 2.24) is 4.57 Å². The van der Waals surface area contributed by atoms with Gasteiger partial charge in [0, 0.05) is 33.2 Å². The molecule has 0 saturated carbocycles. The van der Waals surface area contributed by atoms with Gasteiger partial charge >= 0.3 is 0 Å². The Hall–Kier alpha value is -10.3. The predicted octanol–water partition coefficient (Wildman–Crippen LogP) is 20.4. The Kier molecular flexibility index (Phi) is 10.2. The minimum absolute atomic E-state index is 0.467. The van der Waals surface area contributed by atoms with E-state index < -0.39 is 5.41 Å². The smallest absolute Gasteiger partial charge is 0.0726 e. The molecule has 0 fully saturated rings. The van der Waals surface area contributed by atoms with Crippen molar-refractivity contribution in [2.24, 2.45) is 0 Å². The molecule has 0 unspecified atom stereocenters. The van der Waals surface area contributed by atoms with E-state index in [1.54, 1.807) is 0 Å². The van der Waals surface area contributed by atoms with Crippen molar-refractivity contribution >= 4 is 49.6 Å². The number of anilines is 3. The SMILES string of the molecule is c1ccc(-c2ccc(-n3c4ccccc4c4cc(-c5cccc(-c6ccc(N(c7ccc8c(c7)C7(c9ccccc9-c9ccccc97)c7ccccc7-8)c7ccc(-c8ccccc8)c8ccccc78)cc6)c5)ccc43)cc2)cc1. The third kappa shape index (κ3) is 6.91. The standard InChI is InChI=1S/C77H50N2/c1-3-18-51(19-4-1)52-34-41-59(42-35-52)79-74-33-16-12-29-68(74)69-49-57(38-46-76(69)79)56-23-17-22-55(48-56)53-36-39-58(40-37-53)78(75-47-45-61(54-20-5-2-6-21-54)62-24-7-8-28-67(62)75)60-43-44-66-65-27-11-15-32-72(65)77(73(66)50-60)70-30-13-9-25-63(70)64-26-10-14-31-71(64)77/h1-50H. The van der Waals surface area contributed by atoms with Gasteiger partial charge in [-0.05, 0) is 161 Å². The molecule has 2 nitrogen and oxygen atoms in total. The van der Waals surface area contributed by atoms with Gasteiger partial charge in [0.2, 0.25) is 0 Å². The topological polar surface area (TPSA) is 8.17 Å². The summed E-state index contributed by atoms with van der Waals surface area (Å²) in [5, 5.41) is 4.89. The summed E-state index contributed by atoms with van der Waals surface area (Å²) in [7, 11) is 0. The molecule has 0 bridgehead atoms. The molecule has 0 amide bonds. The van der Waals surface area contributed by atoms with Crippen LogP contribution in [0.3, 0.4) is 0 Å². The van der Waals surface area contributed by atoms with E-state index in [-0.39, 0.29) is 0 Å². The third-order valence-electron chi connectivity index (χ3n) is 17.0. The fourth-order valence-corrected chi connectivity index (χ4v) is 13.5. The lowest BCUT2D eigenvalue weighted by atomic mass is 9.70. The zero-order valence-corrected chi connectivity index (χ0v) is 43.3. The maximum atomic E-state index is 2.50. The summed E-state index contributed by atoms with van der Waals surface area (Å²) >= 11 is 0. The lowest BCUT2D eigenvalue weighted by Crippen LogP contribution is -2.26. The van der Waals surface area contributed by atoms with E-state index in [0.717, 1.165) is 28.3 Å². The highest BCUT2D eigenvalue weighted by atomic mass is 15.1. The van der Waals surface area contributed by atoms with Crippen LogP contribution < -0.4 is 4.90 Å². The van der Waals surface area contributed by atoms with Gasteiger partial charge in [-0.15, -0.1) is 0 Å². The molecule has 1 spiro atoms. The molecule has 1 aromatic heterocycles. The summed E-state index contributed by atoms with van der Waals surface area (Å²) in [6.07, 6.45) is 0. The number of fused-ring (bicyclic) bond motifs is 14. The summed E-state index contributed by atoms with van der Waals surface area (Å²) in [5.74, 6) is 0. The summed E-state index contributed by atoms with van der Waals surface area (Å²) in [6.45, 7) is 0. The second kappa shape index (κ2) is 17.9. The van der Waals surface area contributed by atoms with Gasteiger partial charge in [0.1, 0.15) is 0 Å². The number of nitrogens with zero attached hydrogens (tertiary/aromatic N) is 2. The molecule has 0 atom stereocenters. The van der Waals surface area contributed by atoms with Gasteiger partial charge in [0.05, 0.1) is 22.1 Å². The van der Waals surface area contributed by atoms with E-state index in [1.165, 1.54) is 116 Å². The molecule has 13 aromatic carbocycles. The minimum Gasteiger partial charge on any atom is -0.310 e. The summed E-state index contributed by atoms with van der Waals surface area (Å²) in [4.78, 5) is 2.49. The molecule has 0 aliphatic heterocycles. The Labute approximate surface area is 460 Å². The number of hydrogen-bond donors (Lipinski definition) is 0. The molecule has 2 aliphatic rings. The largest absolute Gasteiger partial charge is 0.310 e. The predicted molar refractivity (Wildman–Crippen MR) is 331 cm³/mol. The molecule has 14 aromatic rings. The van der Waals surface area contributed by atoms with E-state index in [4.69, 9.17) is 0 Å². The lowest BCUT2D eigenvalue weighted by molar-refractivity contribution is 0.793. The van der Waals surface area contributed by atoms with Crippen molar-refractivity contribution in [2.75, 3.05) is 4.90 Å². The molecule has 0 saturated heterocycles. The van der Waals surface area contributed by atoms with Crippen LogP contribution in [0.1, 0.15) is 22.3 Å². The van der Waals surface area contributed by atoms with E-state index in [2.05, 4.69) is 313 Å². The van der Waals surface area contributed by atoms with E-state index in [0.29, 0.717) is 0 Å². The first-order chi connectivity index (χ1) is 39.2. The third-order valence-corrected chi connectivity index (χ3v) is 17.0. The summed E-state index contributed by atoms with van der Waals surface area (Å²) < 4.78 is 2.40. The Bertz CT molecular complexity index is 4640. The fourth-order valence-electron chi connectivity index (χ4n) is 13.5. The van der Waals surface area contributed by atoms with Crippen LogP contribution in [0.4, 0.5) is 17.1 Å². The molecule has 368 valence electrons. The Morgan fingerprint density at radius 1 is 0.241 bits per heavy atom. The first kappa shape index (κ1) is 45.0. The van der Waals surface area contributed by atoms with Gasteiger partial charge < -0.3 is 9.47 Å². The van der Waals surface area contributed by atoms with Crippen molar-refractivity contribution in [2.45, 2.75) is 5.41 Å². The molecule has 2 heteroatoms. The first-order valence-electron chi connectivity index (χ1n) is 27.4. The summed E-state index contributed by atoms with van der Waals surface area (Å²) in [5.41, 5.74) is 26.5. The molecule has 79 heavy (non-hydrogen) atoms. The van der Waals surface area contributed by atoms with Crippen LogP contribution >= 0.6 is 0 Å². The fraction of sp³-hybridized carbons (Fsp3) is 0.0130. The van der Waals surface area contributed by atoms with Crippen molar-refractivity contribution in [3.8, 4) is 72.4 Å². The van der Waals surface area contributed by atoms with Crippen molar-refractivity contribution < 1.29 is 0 Å². The zero-order valence-electron chi connectivity index (χ0n) is 43.3. The van der Waals surface area contributed by atoms with Crippen LogP contribution in [0.5, 0.6) is 0 Å². The maximum absolute atomic E-state index is 2.50. The van der Waals surface area contributed by atoms with Crippen molar-refractivity contribution in [3.63, 3.8) is 0 Å². The molecule has 0 radical (unpaired) electrons. The van der Waals surface area contributed by atoms with Crippen molar-refractivity contribution in [1.29, 1.82) is 0 Å².